The van der Waals surface area contributed by atoms with Crippen LogP contribution in [0.3, 0.4) is 0 Å². The molecule has 2 amide bonds. The molecule has 2 heterocycles. The molecule has 1 atom stereocenters. The fourth-order valence-electron chi connectivity index (χ4n) is 5.61. The number of amides is 2. The highest BCUT2D eigenvalue weighted by molar-refractivity contribution is 6.02. The maximum atomic E-state index is 13.9. The van der Waals surface area contributed by atoms with Gasteiger partial charge in [0.25, 0.3) is 5.91 Å². The lowest BCUT2D eigenvalue weighted by molar-refractivity contribution is -0.141. The second kappa shape index (κ2) is 7.88. The van der Waals surface area contributed by atoms with E-state index in [-0.39, 0.29) is 17.7 Å². The molecule has 0 aromatic heterocycles. The van der Waals surface area contributed by atoms with E-state index < -0.39 is 5.54 Å². The Morgan fingerprint density at radius 3 is 2.37 bits per heavy atom. The van der Waals surface area contributed by atoms with Gasteiger partial charge in [-0.15, -0.1) is 0 Å². The maximum absolute atomic E-state index is 13.9. The van der Waals surface area contributed by atoms with Crippen LogP contribution in [-0.2, 0) is 16.1 Å². The van der Waals surface area contributed by atoms with Gasteiger partial charge in [0, 0.05) is 25.2 Å². The third-order valence-corrected chi connectivity index (χ3v) is 7.04. The summed E-state index contributed by atoms with van der Waals surface area (Å²) in [5, 5.41) is 0. The van der Waals surface area contributed by atoms with Crippen LogP contribution in [0.4, 0.5) is 0 Å². The molecule has 5 heteroatoms. The summed E-state index contributed by atoms with van der Waals surface area (Å²) in [6.07, 6.45) is 3.85. The number of carbonyl (C=O) groups is 2. The van der Waals surface area contributed by atoms with Crippen molar-refractivity contribution < 1.29 is 14.3 Å². The lowest BCUT2D eigenvalue weighted by Gasteiger charge is -2.51. The molecule has 1 aliphatic carbocycles. The summed E-state index contributed by atoms with van der Waals surface area (Å²) in [6, 6.07) is 17.9. The molecule has 1 saturated carbocycles. The quantitative estimate of drug-likeness (QED) is 0.785. The van der Waals surface area contributed by atoms with Crippen molar-refractivity contribution >= 4 is 11.8 Å². The molecule has 2 aliphatic heterocycles. The molecule has 0 radical (unpaired) electrons. The minimum atomic E-state index is -0.448. The molecule has 2 aromatic carbocycles. The summed E-state index contributed by atoms with van der Waals surface area (Å²) in [6.45, 7) is 2.96. The number of nitrogens with zero attached hydrogens (tertiary/aromatic N) is 2. The number of carbonyl (C=O) groups excluding carboxylic acids is 2. The first-order valence-electron chi connectivity index (χ1n) is 11.0. The molecule has 1 spiro atoms. The Hall–Kier alpha value is -2.66. The van der Waals surface area contributed by atoms with Crippen LogP contribution in [-0.4, -0.2) is 53.5 Å². The zero-order valence-corrected chi connectivity index (χ0v) is 17.3. The highest BCUT2D eigenvalue weighted by Crippen LogP contribution is 2.51. The largest absolute Gasteiger partial charge is 0.378 e. The van der Waals surface area contributed by atoms with Gasteiger partial charge in [-0.3, -0.25) is 9.59 Å². The van der Waals surface area contributed by atoms with Crippen LogP contribution in [0.1, 0.15) is 53.1 Å². The summed E-state index contributed by atoms with van der Waals surface area (Å²) in [5.74, 6) is -0.101. The SMILES string of the molecule is O=C([C@@H]1c2ccccc2C(=O)N(Cc2ccccc2)C12CCCC2)N1CCOCC1. The summed E-state index contributed by atoms with van der Waals surface area (Å²) >= 11 is 0. The van der Waals surface area contributed by atoms with Gasteiger partial charge in [-0.1, -0.05) is 61.4 Å². The number of morpholine rings is 1. The number of hydrogen-bond donors (Lipinski definition) is 0. The normalized spacial score (nSPS) is 22.9. The van der Waals surface area contributed by atoms with Gasteiger partial charge < -0.3 is 14.5 Å². The Balaban J connectivity index is 1.62. The van der Waals surface area contributed by atoms with E-state index in [9.17, 15) is 9.59 Å². The van der Waals surface area contributed by atoms with Crippen molar-refractivity contribution in [2.45, 2.75) is 43.7 Å². The van der Waals surface area contributed by atoms with Crippen molar-refractivity contribution in [3.05, 3.63) is 71.3 Å². The molecule has 5 nitrogen and oxygen atoms in total. The summed E-state index contributed by atoms with van der Waals surface area (Å²) in [4.78, 5) is 31.6. The second-order valence-corrected chi connectivity index (χ2v) is 8.65. The number of benzene rings is 2. The Morgan fingerprint density at radius 1 is 0.967 bits per heavy atom. The first kappa shape index (κ1) is 19.3. The maximum Gasteiger partial charge on any atom is 0.254 e. The van der Waals surface area contributed by atoms with Crippen LogP contribution in [0, 0.1) is 0 Å². The van der Waals surface area contributed by atoms with Crippen LogP contribution in [0.15, 0.2) is 54.6 Å². The van der Waals surface area contributed by atoms with Crippen LogP contribution in [0.5, 0.6) is 0 Å². The van der Waals surface area contributed by atoms with Crippen molar-refractivity contribution in [2.75, 3.05) is 26.3 Å². The van der Waals surface area contributed by atoms with E-state index in [1.165, 1.54) is 0 Å². The van der Waals surface area contributed by atoms with Gasteiger partial charge in [0.1, 0.15) is 0 Å². The first-order valence-corrected chi connectivity index (χ1v) is 11.0. The lowest BCUT2D eigenvalue weighted by Crippen LogP contribution is -2.61. The average molecular weight is 405 g/mol. The molecule has 2 fully saturated rings. The standard InChI is InChI=1S/C25H28N2O3/c28-23-21-11-5-4-10-20(21)22(24(29)26-14-16-30-17-15-26)25(12-6-7-13-25)27(23)18-19-8-2-1-3-9-19/h1-5,8-11,22H,6-7,12-18H2/t22-/m0/s1. The van der Waals surface area contributed by atoms with Crippen molar-refractivity contribution in [1.29, 1.82) is 0 Å². The topological polar surface area (TPSA) is 49.9 Å². The third-order valence-electron chi connectivity index (χ3n) is 7.04. The number of fused-ring (bicyclic) bond motifs is 1. The van der Waals surface area contributed by atoms with Crippen LogP contribution >= 0.6 is 0 Å². The van der Waals surface area contributed by atoms with Gasteiger partial charge in [0.05, 0.1) is 24.7 Å². The minimum absolute atomic E-state index is 0.0578. The van der Waals surface area contributed by atoms with Gasteiger partial charge >= 0.3 is 0 Å². The summed E-state index contributed by atoms with van der Waals surface area (Å²) < 4.78 is 5.48. The van der Waals surface area contributed by atoms with E-state index in [1.807, 2.05) is 52.3 Å². The number of ether oxygens (including phenoxy) is 1. The van der Waals surface area contributed by atoms with E-state index in [2.05, 4.69) is 12.1 Å². The van der Waals surface area contributed by atoms with E-state index in [0.29, 0.717) is 38.4 Å². The van der Waals surface area contributed by atoms with E-state index >= 15 is 0 Å². The number of rotatable bonds is 3. The predicted molar refractivity (Wildman–Crippen MR) is 114 cm³/mol. The van der Waals surface area contributed by atoms with Gasteiger partial charge in [-0.05, 0) is 30.0 Å². The molecule has 1 saturated heterocycles. The van der Waals surface area contributed by atoms with Gasteiger partial charge in [0.15, 0.2) is 0 Å². The number of hydrogen-bond acceptors (Lipinski definition) is 3. The molecule has 2 aromatic rings. The van der Waals surface area contributed by atoms with Crippen LogP contribution in [0.2, 0.25) is 0 Å². The third kappa shape index (κ3) is 3.12. The second-order valence-electron chi connectivity index (χ2n) is 8.65. The van der Waals surface area contributed by atoms with Crippen LogP contribution in [0.25, 0.3) is 0 Å². The van der Waals surface area contributed by atoms with Crippen molar-refractivity contribution in [3.8, 4) is 0 Å². The highest BCUT2D eigenvalue weighted by atomic mass is 16.5. The molecule has 0 bridgehead atoms. The first-order chi connectivity index (χ1) is 14.7. The molecular weight excluding hydrogens is 376 g/mol. The Labute approximate surface area is 177 Å². The van der Waals surface area contributed by atoms with E-state index in [0.717, 1.165) is 36.8 Å². The van der Waals surface area contributed by atoms with Crippen molar-refractivity contribution in [1.82, 2.24) is 9.80 Å². The van der Waals surface area contributed by atoms with Gasteiger partial charge in [-0.2, -0.15) is 0 Å². The zero-order chi connectivity index (χ0) is 20.6. The highest BCUT2D eigenvalue weighted by Gasteiger charge is 2.56. The molecule has 3 aliphatic rings. The average Bonchev–Trinajstić information content (AvgIpc) is 3.28. The lowest BCUT2D eigenvalue weighted by atomic mass is 9.70. The smallest absolute Gasteiger partial charge is 0.254 e. The molecule has 0 unspecified atom stereocenters. The Bertz CT molecular complexity index is 930. The monoisotopic (exact) mass is 404 g/mol. The molecule has 30 heavy (non-hydrogen) atoms. The Morgan fingerprint density at radius 2 is 1.63 bits per heavy atom. The van der Waals surface area contributed by atoms with E-state index in [4.69, 9.17) is 4.74 Å². The fourth-order valence-corrected chi connectivity index (χ4v) is 5.61. The molecule has 0 N–H and O–H groups in total. The van der Waals surface area contributed by atoms with Crippen molar-refractivity contribution in [3.63, 3.8) is 0 Å². The van der Waals surface area contributed by atoms with Crippen LogP contribution < -0.4 is 0 Å². The minimum Gasteiger partial charge on any atom is -0.378 e. The predicted octanol–water partition coefficient (Wildman–Crippen LogP) is 3.60. The summed E-state index contributed by atoms with van der Waals surface area (Å²) in [5.41, 5.74) is 2.24. The molecule has 156 valence electrons. The zero-order valence-electron chi connectivity index (χ0n) is 17.3. The summed E-state index contributed by atoms with van der Waals surface area (Å²) in [7, 11) is 0. The molecule has 5 rings (SSSR count). The van der Waals surface area contributed by atoms with Crippen molar-refractivity contribution in [2.24, 2.45) is 0 Å². The van der Waals surface area contributed by atoms with E-state index in [1.54, 1.807) is 0 Å². The van der Waals surface area contributed by atoms with Gasteiger partial charge in [0.2, 0.25) is 5.91 Å². The Kier molecular flexibility index (Phi) is 5.07. The van der Waals surface area contributed by atoms with Gasteiger partial charge in [-0.25, -0.2) is 0 Å². The fraction of sp³-hybridized carbons (Fsp3) is 0.440. The molecular formula is C25H28N2O3.